The molecule has 1 saturated carbocycles. The van der Waals surface area contributed by atoms with Crippen LogP contribution >= 0.6 is 11.6 Å². The Morgan fingerprint density at radius 2 is 2.05 bits per heavy atom. The molecule has 1 heterocycles. The normalized spacial score (nSPS) is 17.2. The molecule has 1 aliphatic rings. The third-order valence-corrected chi connectivity index (χ3v) is 4.27. The van der Waals surface area contributed by atoms with Gasteiger partial charge in [-0.05, 0) is 31.0 Å². The van der Waals surface area contributed by atoms with E-state index in [4.69, 9.17) is 16.6 Å². The first kappa shape index (κ1) is 12.9. The fraction of sp³-hybridized carbons (Fsp3) is 0.533. The van der Waals surface area contributed by atoms with E-state index in [1.165, 1.54) is 32.1 Å². The predicted octanol–water partition coefficient (Wildman–Crippen LogP) is 3.73. The Morgan fingerprint density at radius 1 is 1.26 bits per heavy atom. The molecule has 0 atom stereocenters. The van der Waals surface area contributed by atoms with E-state index in [2.05, 4.69) is 4.57 Å². The quantitative estimate of drug-likeness (QED) is 0.929. The minimum absolute atomic E-state index is 0.147. The Morgan fingerprint density at radius 3 is 2.79 bits per heavy atom. The fourth-order valence-corrected chi connectivity index (χ4v) is 3.30. The van der Waals surface area contributed by atoms with Crippen LogP contribution in [0.5, 0.6) is 0 Å². The molecule has 1 N–H and O–H groups in total. The van der Waals surface area contributed by atoms with Gasteiger partial charge >= 0.3 is 0 Å². The summed E-state index contributed by atoms with van der Waals surface area (Å²) in [5, 5.41) is 10.0. The number of hydrogen-bond acceptors (Lipinski definition) is 2. The lowest BCUT2D eigenvalue weighted by molar-refractivity contribution is 0.273. The largest absolute Gasteiger partial charge is 0.395 e. The zero-order valence-corrected chi connectivity index (χ0v) is 11.7. The Hall–Kier alpha value is -1.06. The highest BCUT2D eigenvalue weighted by molar-refractivity contribution is 6.31. The molecule has 2 aromatic rings. The predicted molar refractivity (Wildman–Crippen MR) is 77.7 cm³/mol. The summed E-state index contributed by atoms with van der Waals surface area (Å²) in [6.45, 7) is 0.762. The first-order valence-corrected chi connectivity index (χ1v) is 7.44. The molecule has 1 aromatic heterocycles. The second-order valence-corrected chi connectivity index (χ2v) is 5.75. The summed E-state index contributed by atoms with van der Waals surface area (Å²) in [5.41, 5.74) is 2.03. The number of halogens is 1. The van der Waals surface area contributed by atoms with Gasteiger partial charge in [-0.15, -0.1) is 0 Å². The third kappa shape index (κ3) is 2.49. The maximum Gasteiger partial charge on any atom is 0.113 e. The van der Waals surface area contributed by atoms with Crippen LogP contribution in [0.1, 0.15) is 43.8 Å². The van der Waals surface area contributed by atoms with Crippen LogP contribution in [0, 0.1) is 0 Å². The van der Waals surface area contributed by atoms with Gasteiger partial charge in [0, 0.05) is 17.5 Å². The van der Waals surface area contributed by atoms with Crippen molar-refractivity contribution in [2.75, 3.05) is 6.61 Å². The smallest absolute Gasteiger partial charge is 0.113 e. The molecule has 3 rings (SSSR count). The highest BCUT2D eigenvalue weighted by atomic mass is 35.5. The van der Waals surface area contributed by atoms with Gasteiger partial charge in [0.25, 0.3) is 0 Å². The van der Waals surface area contributed by atoms with E-state index in [1.807, 2.05) is 18.2 Å². The molecular weight excluding hydrogens is 260 g/mol. The molecule has 102 valence electrons. The minimum atomic E-state index is 0.147. The molecule has 19 heavy (non-hydrogen) atoms. The van der Waals surface area contributed by atoms with Crippen LogP contribution in [0.25, 0.3) is 11.0 Å². The Balaban J connectivity index is 2.08. The van der Waals surface area contributed by atoms with Crippen LogP contribution in [-0.4, -0.2) is 21.3 Å². The summed E-state index contributed by atoms with van der Waals surface area (Å²) in [4.78, 5) is 4.78. The number of rotatable bonds is 3. The molecule has 0 spiro atoms. The number of aliphatic hydroxyl groups excluding tert-OH is 1. The minimum Gasteiger partial charge on any atom is -0.395 e. The van der Waals surface area contributed by atoms with E-state index < -0.39 is 0 Å². The molecule has 1 fully saturated rings. The summed E-state index contributed by atoms with van der Waals surface area (Å²) in [6.07, 6.45) is 6.33. The zero-order valence-electron chi connectivity index (χ0n) is 11.0. The summed E-state index contributed by atoms with van der Waals surface area (Å²) in [7, 11) is 0. The SMILES string of the molecule is OCCn1c(C2CCCCC2)nc2cc(Cl)ccc21. The van der Waals surface area contributed by atoms with Gasteiger partial charge in [-0.3, -0.25) is 0 Å². The fourth-order valence-electron chi connectivity index (χ4n) is 3.13. The van der Waals surface area contributed by atoms with Gasteiger partial charge < -0.3 is 9.67 Å². The van der Waals surface area contributed by atoms with Crippen molar-refractivity contribution in [1.82, 2.24) is 9.55 Å². The Labute approximate surface area is 118 Å². The van der Waals surface area contributed by atoms with Crippen LogP contribution in [0.15, 0.2) is 18.2 Å². The highest BCUT2D eigenvalue weighted by Crippen LogP contribution is 2.34. The highest BCUT2D eigenvalue weighted by Gasteiger charge is 2.22. The van der Waals surface area contributed by atoms with Crippen molar-refractivity contribution in [3.63, 3.8) is 0 Å². The number of imidazole rings is 1. The van der Waals surface area contributed by atoms with Gasteiger partial charge in [0.2, 0.25) is 0 Å². The number of benzene rings is 1. The standard InChI is InChI=1S/C15H19ClN2O/c16-12-6-7-14-13(10-12)17-15(18(14)8-9-19)11-4-2-1-3-5-11/h6-7,10-11,19H,1-5,8-9H2. The number of nitrogens with zero attached hydrogens (tertiary/aromatic N) is 2. The lowest BCUT2D eigenvalue weighted by Crippen LogP contribution is -2.13. The van der Waals surface area contributed by atoms with Crippen molar-refractivity contribution in [2.45, 2.75) is 44.6 Å². The summed E-state index contributed by atoms with van der Waals surface area (Å²) >= 11 is 6.04. The van der Waals surface area contributed by atoms with Gasteiger partial charge in [-0.1, -0.05) is 30.9 Å². The van der Waals surface area contributed by atoms with E-state index >= 15 is 0 Å². The molecule has 1 aliphatic carbocycles. The van der Waals surface area contributed by atoms with Crippen LogP contribution in [-0.2, 0) is 6.54 Å². The zero-order chi connectivity index (χ0) is 13.2. The maximum absolute atomic E-state index is 9.30. The van der Waals surface area contributed by atoms with Crippen LogP contribution in [0.3, 0.4) is 0 Å². The average Bonchev–Trinajstić information content (AvgIpc) is 2.78. The van der Waals surface area contributed by atoms with Crippen LogP contribution < -0.4 is 0 Å². The lowest BCUT2D eigenvalue weighted by atomic mass is 9.88. The van der Waals surface area contributed by atoms with E-state index in [0.717, 1.165) is 21.9 Å². The number of fused-ring (bicyclic) bond motifs is 1. The third-order valence-electron chi connectivity index (χ3n) is 4.03. The van der Waals surface area contributed by atoms with E-state index in [0.29, 0.717) is 12.5 Å². The van der Waals surface area contributed by atoms with E-state index in [9.17, 15) is 5.11 Å². The molecule has 0 bridgehead atoms. The molecular formula is C15H19ClN2O. The summed E-state index contributed by atoms with van der Waals surface area (Å²) < 4.78 is 2.17. The van der Waals surface area contributed by atoms with Crippen molar-refractivity contribution >= 4 is 22.6 Å². The van der Waals surface area contributed by atoms with Crippen molar-refractivity contribution in [1.29, 1.82) is 0 Å². The van der Waals surface area contributed by atoms with Crippen molar-refractivity contribution in [2.24, 2.45) is 0 Å². The first-order chi connectivity index (χ1) is 9.29. The van der Waals surface area contributed by atoms with Crippen LogP contribution in [0.2, 0.25) is 5.02 Å². The average molecular weight is 279 g/mol. The number of aliphatic hydroxyl groups is 1. The van der Waals surface area contributed by atoms with Crippen molar-refractivity contribution in [3.8, 4) is 0 Å². The first-order valence-electron chi connectivity index (χ1n) is 7.06. The topological polar surface area (TPSA) is 38.0 Å². The van der Waals surface area contributed by atoms with E-state index in [-0.39, 0.29) is 6.61 Å². The number of hydrogen-bond donors (Lipinski definition) is 1. The number of aromatic nitrogens is 2. The molecule has 0 radical (unpaired) electrons. The molecule has 0 saturated heterocycles. The molecule has 0 aliphatic heterocycles. The summed E-state index contributed by atoms with van der Waals surface area (Å²) in [6, 6.07) is 5.81. The van der Waals surface area contributed by atoms with Gasteiger partial charge in [0.05, 0.1) is 17.6 Å². The van der Waals surface area contributed by atoms with Crippen molar-refractivity contribution < 1.29 is 5.11 Å². The molecule has 0 amide bonds. The van der Waals surface area contributed by atoms with Gasteiger partial charge in [-0.2, -0.15) is 0 Å². The van der Waals surface area contributed by atoms with Gasteiger partial charge in [-0.25, -0.2) is 4.98 Å². The monoisotopic (exact) mass is 278 g/mol. The molecule has 3 nitrogen and oxygen atoms in total. The van der Waals surface area contributed by atoms with E-state index in [1.54, 1.807) is 0 Å². The van der Waals surface area contributed by atoms with Gasteiger partial charge in [0.1, 0.15) is 5.82 Å². The summed E-state index contributed by atoms with van der Waals surface area (Å²) in [5.74, 6) is 1.66. The maximum atomic E-state index is 9.30. The Bertz CT molecular complexity index is 573. The molecule has 0 unspecified atom stereocenters. The molecule has 1 aromatic carbocycles. The van der Waals surface area contributed by atoms with Gasteiger partial charge in [0.15, 0.2) is 0 Å². The second-order valence-electron chi connectivity index (χ2n) is 5.31. The molecule has 4 heteroatoms. The lowest BCUT2D eigenvalue weighted by Gasteiger charge is -2.22. The Kier molecular flexibility index (Phi) is 3.76. The van der Waals surface area contributed by atoms with Crippen LogP contribution in [0.4, 0.5) is 0 Å². The van der Waals surface area contributed by atoms with Crippen molar-refractivity contribution in [3.05, 3.63) is 29.0 Å². The second kappa shape index (κ2) is 5.51.